The lowest BCUT2D eigenvalue weighted by atomic mass is 9.96. The maximum Gasteiger partial charge on any atom is 0.153 e. The van der Waals surface area contributed by atoms with Crippen molar-refractivity contribution in [2.24, 2.45) is 11.8 Å². The number of carbonyl (C=O) groups excluding carboxylic acids is 1. The highest BCUT2D eigenvalue weighted by atomic mass is 16.1. The molecule has 0 spiro atoms. The van der Waals surface area contributed by atoms with Crippen molar-refractivity contribution in [3.8, 4) is 0 Å². The first-order valence-electron chi connectivity index (χ1n) is 5.79. The van der Waals surface area contributed by atoms with Crippen LogP contribution in [0.3, 0.4) is 0 Å². The smallest absolute Gasteiger partial charge is 0.153 e. The second-order valence-corrected chi connectivity index (χ2v) is 5.01. The van der Waals surface area contributed by atoms with Crippen molar-refractivity contribution >= 4 is 6.29 Å². The van der Waals surface area contributed by atoms with Gasteiger partial charge in [0.15, 0.2) is 6.29 Å². The zero-order valence-corrected chi connectivity index (χ0v) is 9.02. The first-order chi connectivity index (χ1) is 7.28. The summed E-state index contributed by atoms with van der Waals surface area (Å²) < 4.78 is 2.04. The summed E-state index contributed by atoms with van der Waals surface area (Å²) in [6, 6.07) is 0.566. The van der Waals surface area contributed by atoms with E-state index in [1.54, 1.807) is 0 Å². The molecule has 2 saturated carbocycles. The van der Waals surface area contributed by atoms with Gasteiger partial charge >= 0.3 is 0 Å². The van der Waals surface area contributed by atoms with Crippen molar-refractivity contribution in [2.75, 3.05) is 0 Å². The van der Waals surface area contributed by atoms with Crippen molar-refractivity contribution < 1.29 is 4.79 Å². The van der Waals surface area contributed by atoms with E-state index in [0.717, 1.165) is 29.4 Å². The summed E-state index contributed by atoms with van der Waals surface area (Å²) in [5.74, 6) is 1.73. The molecule has 3 nitrogen and oxygen atoms in total. The molecular weight excluding hydrogens is 188 g/mol. The molecule has 0 amide bonds. The van der Waals surface area contributed by atoms with Gasteiger partial charge < -0.3 is 0 Å². The van der Waals surface area contributed by atoms with Crippen LogP contribution in [-0.2, 0) is 0 Å². The van der Waals surface area contributed by atoms with Crippen LogP contribution in [0.15, 0.2) is 6.20 Å². The molecule has 3 unspecified atom stereocenters. The maximum atomic E-state index is 10.8. The fraction of sp³-hybridized carbons (Fsp3) is 0.667. The van der Waals surface area contributed by atoms with Crippen molar-refractivity contribution in [2.45, 2.75) is 38.6 Å². The van der Waals surface area contributed by atoms with Crippen molar-refractivity contribution in [3.05, 3.63) is 17.5 Å². The van der Waals surface area contributed by atoms with Gasteiger partial charge in [0.25, 0.3) is 0 Å². The lowest BCUT2D eigenvalue weighted by molar-refractivity contribution is 0.112. The normalized spacial score (nSPS) is 33.5. The van der Waals surface area contributed by atoms with Crippen LogP contribution in [0.5, 0.6) is 0 Å². The Kier molecular flexibility index (Phi) is 1.94. The van der Waals surface area contributed by atoms with Gasteiger partial charge in [-0.25, -0.2) is 0 Å². The molecule has 0 aliphatic heterocycles. The number of aldehydes is 1. The fourth-order valence-electron chi connectivity index (χ4n) is 3.32. The quantitative estimate of drug-likeness (QED) is 0.693. The Morgan fingerprint density at radius 3 is 2.87 bits per heavy atom. The Balaban J connectivity index is 1.90. The standard InChI is InChI=1S/C12H16N2O/c1-8-11(7-15)6-14(13-8)12-5-9-2-3-10(12)4-9/h6-7,9-10,12H,2-5H2,1H3. The van der Waals surface area contributed by atoms with Gasteiger partial charge in [0.1, 0.15) is 0 Å². The Morgan fingerprint density at radius 2 is 2.33 bits per heavy atom. The van der Waals surface area contributed by atoms with Crippen LogP contribution in [0.4, 0.5) is 0 Å². The van der Waals surface area contributed by atoms with Crippen LogP contribution in [0.25, 0.3) is 0 Å². The number of hydrogen-bond acceptors (Lipinski definition) is 2. The third kappa shape index (κ3) is 1.33. The van der Waals surface area contributed by atoms with Gasteiger partial charge in [-0.2, -0.15) is 5.10 Å². The first kappa shape index (κ1) is 9.13. The molecule has 2 bridgehead atoms. The van der Waals surface area contributed by atoms with E-state index in [4.69, 9.17) is 0 Å². The number of fused-ring (bicyclic) bond motifs is 2. The molecule has 1 aromatic heterocycles. The number of carbonyl (C=O) groups is 1. The van der Waals surface area contributed by atoms with Gasteiger partial charge in [-0.1, -0.05) is 6.42 Å². The average molecular weight is 204 g/mol. The fourth-order valence-corrected chi connectivity index (χ4v) is 3.32. The summed E-state index contributed by atoms with van der Waals surface area (Å²) in [6.07, 6.45) is 8.23. The minimum absolute atomic E-state index is 0.566. The van der Waals surface area contributed by atoms with E-state index in [2.05, 4.69) is 5.10 Å². The highest BCUT2D eigenvalue weighted by Gasteiger charge is 2.40. The minimum atomic E-state index is 0.566. The predicted octanol–water partition coefficient (Wildman–Crippen LogP) is 2.37. The molecule has 3 rings (SSSR count). The van der Waals surface area contributed by atoms with Gasteiger partial charge in [-0.15, -0.1) is 0 Å². The van der Waals surface area contributed by atoms with Crippen molar-refractivity contribution in [3.63, 3.8) is 0 Å². The maximum absolute atomic E-state index is 10.8. The van der Waals surface area contributed by atoms with E-state index in [1.807, 2.05) is 17.8 Å². The average Bonchev–Trinajstić information content (AvgIpc) is 2.90. The molecule has 2 aliphatic carbocycles. The first-order valence-corrected chi connectivity index (χ1v) is 5.79. The zero-order chi connectivity index (χ0) is 10.4. The molecule has 3 atom stereocenters. The van der Waals surface area contributed by atoms with Gasteiger partial charge in [-0.3, -0.25) is 9.48 Å². The van der Waals surface area contributed by atoms with E-state index < -0.39 is 0 Å². The van der Waals surface area contributed by atoms with Crippen LogP contribution in [0.1, 0.15) is 47.8 Å². The molecule has 0 radical (unpaired) electrons. The summed E-state index contributed by atoms with van der Waals surface area (Å²) >= 11 is 0. The van der Waals surface area contributed by atoms with E-state index in [-0.39, 0.29) is 0 Å². The van der Waals surface area contributed by atoms with Gasteiger partial charge in [0, 0.05) is 6.20 Å². The topological polar surface area (TPSA) is 34.9 Å². The molecule has 15 heavy (non-hydrogen) atoms. The van der Waals surface area contributed by atoms with E-state index in [0.29, 0.717) is 6.04 Å². The Bertz CT molecular complexity index is 396. The highest BCUT2D eigenvalue weighted by molar-refractivity contribution is 5.75. The number of aromatic nitrogens is 2. The summed E-state index contributed by atoms with van der Waals surface area (Å²) in [5, 5.41) is 4.47. The summed E-state index contributed by atoms with van der Waals surface area (Å²) in [6.45, 7) is 1.91. The number of nitrogens with zero attached hydrogens (tertiary/aromatic N) is 2. The Morgan fingerprint density at radius 1 is 1.47 bits per heavy atom. The van der Waals surface area contributed by atoms with Crippen LogP contribution in [0.2, 0.25) is 0 Å². The van der Waals surface area contributed by atoms with Crippen molar-refractivity contribution in [1.29, 1.82) is 0 Å². The molecule has 0 aromatic carbocycles. The second kappa shape index (κ2) is 3.19. The molecule has 1 heterocycles. The Labute approximate surface area is 89.5 Å². The highest BCUT2D eigenvalue weighted by Crippen LogP contribution is 2.50. The van der Waals surface area contributed by atoms with E-state index >= 15 is 0 Å². The molecular formula is C12H16N2O. The van der Waals surface area contributed by atoms with Gasteiger partial charge in [-0.05, 0) is 38.0 Å². The molecule has 1 aromatic rings. The number of hydrogen-bond donors (Lipinski definition) is 0. The van der Waals surface area contributed by atoms with Crippen molar-refractivity contribution in [1.82, 2.24) is 9.78 Å². The molecule has 3 heteroatoms. The van der Waals surface area contributed by atoms with E-state index in [1.165, 1.54) is 25.7 Å². The number of aryl methyl sites for hydroxylation is 1. The zero-order valence-electron chi connectivity index (χ0n) is 9.02. The largest absolute Gasteiger partial charge is 0.298 e. The Hall–Kier alpha value is -1.12. The second-order valence-electron chi connectivity index (χ2n) is 5.01. The molecule has 0 saturated heterocycles. The molecule has 0 N–H and O–H groups in total. The van der Waals surface area contributed by atoms with Crippen LogP contribution >= 0.6 is 0 Å². The number of rotatable bonds is 2. The van der Waals surface area contributed by atoms with Gasteiger partial charge in [0.2, 0.25) is 0 Å². The molecule has 2 fully saturated rings. The monoisotopic (exact) mass is 204 g/mol. The molecule has 80 valence electrons. The SMILES string of the molecule is Cc1nn(C2CC3CCC2C3)cc1C=O. The van der Waals surface area contributed by atoms with Crippen LogP contribution < -0.4 is 0 Å². The lowest BCUT2D eigenvalue weighted by Gasteiger charge is -2.21. The minimum Gasteiger partial charge on any atom is -0.298 e. The summed E-state index contributed by atoms with van der Waals surface area (Å²) in [4.78, 5) is 10.8. The van der Waals surface area contributed by atoms with Crippen LogP contribution in [0, 0.1) is 18.8 Å². The van der Waals surface area contributed by atoms with E-state index in [9.17, 15) is 4.79 Å². The molecule has 2 aliphatic rings. The summed E-state index contributed by atoms with van der Waals surface area (Å²) in [7, 11) is 0. The third-order valence-corrected chi connectivity index (χ3v) is 4.12. The lowest BCUT2D eigenvalue weighted by Crippen LogP contribution is -2.16. The summed E-state index contributed by atoms with van der Waals surface area (Å²) in [5.41, 5.74) is 1.62. The van der Waals surface area contributed by atoms with Gasteiger partial charge in [0.05, 0.1) is 17.3 Å². The van der Waals surface area contributed by atoms with Crippen LogP contribution in [-0.4, -0.2) is 16.1 Å². The predicted molar refractivity (Wildman–Crippen MR) is 56.8 cm³/mol. The third-order valence-electron chi connectivity index (χ3n) is 4.12.